The van der Waals surface area contributed by atoms with E-state index in [1.807, 2.05) is 23.9 Å². The summed E-state index contributed by atoms with van der Waals surface area (Å²) in [6, 6.07) is 18.7. The average molecular weight is 356 g/mol. The molecule has 0 heterocycles. The fourth-order valence-electron chi connectivity index (χ4n) is 1.96. The summed E-state index contributed by atoms with van der Waals surface area (Å²) in [5, 5.41) is 1.82. The van der Waals surface area contributed by atoms with Gasteiger partial charge in [-0.05, 0) is 41.9 Å². The van der Waals surface area contributed by atoms with E-state index < -0.39 is 0 Å². The van der Waals surface area contributed by atoms with Crippen LogP contribution in [0.2, 0.25) is 5.02 Å². The molecule has 2 aromatic rings. The van der Waals surface area contributed by atoms with Gasteiger partial charge in [-0.3, -0.25) is 0 Å². The summed E-state index contributed by atoms with van der Waals surface area (Å²) in [7, 11) is 0. The van der Waals surface area contributed by atoms with Crippen LogP contribution in [0.4, 0.5) is 0 Å². The lowest BCUT2D eigenvalue weighted by Gasteiger charge is -2.15. The highest BCUT2D eigenvalue weighted by Crippen LogP contribution is 2.30. The molecule has 19 heavy (non-hydrogen) atoms. The maximum atomic E-state index is 6.27. The SMILES string of the molecule is Clc1ccccc1C(CBr)CCSc1ccccc1. The third-order valence-electron chi connectivity index (χ3n) is 3.01. The molecule has 0 amide bonds. The average Bonchev–Trinajstić information content (AvgIpc) is 2.46. The highest BCUT2D eigenvalue weighted by atomic mass is 79.9. The zero-order valence-corrected chi connectivity index (χ0v) is 13.7. The van der Waals surface area contributed by atoms with Gasteiger partial charge in [0.15, 0.2) is 0 Å². The Kier molecular flexibility index (Phi) is 6.29. The van der Waals surface area contributed by atoms with Crippen molar-refractivity contribution in [3.05, 3.63) is 65.2 Å². The molecule has 1 unspecified atom stereocenters. The molecule has 0 aliphatic carbocycles. The molecule has 0 fully saturated rings. The van der Waals surface area contributed by atoms with Crippen LogP contribution in [-0.2, 0) is 0 Å². The Morgan fingerprint density at radius 1 is 1.00 bits per heavy atom. The van der Waals surface area contributed by atoms with E-state index in [9.17, 15) is 0 Å². The molecule has 0 nitrogen and oxygen atoms in total. The van der Waals surface area contributed by atoms with Crippen molar-refractivity contribution >= 4 is 39.3 Å². The van der Waals surface area contributed by atoms with Gasteiger partial charge < -0.3 is 0 Å². The van der Waals surface area contributed by atoms with Gasteiger partial charge in [0.2, 0.25) is 0 Å². The second kappa shape index (κ2) is 7.98. The minimum absolute atomic E-state index is 0.477. The topological polar surface area (TPSA) is 0 Å². The van der Waals surface area contributed by atoms with E-state index >= 15 is 0 Å². The summed E-state index contributed by atoms with van der Waals surface area (Å²) in [6.07, 6.45) is 1.12. The first kappa shape index (κ1) is 15.0. The Morgan fingerprint density at radius 3 is 2.37 bits per heavy atom. The van der Waals surface area contributed by atoms with E-state index in [-0.39, 0.29) is 0 Å². The van der Waals surface area contributed by atoms with E-state index in [4.69, 9.17) is 11.6 Å². The first-order chi connectivity index (χ1) is 9.31. The molecule has 0 aliphatic rings. The van der Waals surface area contributed by atoms with Crippen LogP contribution in [0.1, 0.15) is 17.9 Å². The zero-order valence-electron chi connectivity index (χ0n) is 10.6. The summed E-state index contributed by atoms with van der Waals surface area (Å²) in [6.45, 7) is 0. The molecule has 2 aromatic carbocycles. The number of hydrogen-bond acceptors (Lipinski definition) is 1. The number of rotatable bonds is 6. The molecule has 1 atom stereocenters. The molecule has 0 saturated heterocycles. The fourth-order valence-corrected chi connectivity index (χ4v) is 3.91. The van der Waals surface area contributed by atoms with Gasteiger partial charge in [-0.15, -0.1) is 11.8 Å². The first-order valence-corrected chi connectivity index (χ1v) is 8.78. The minimum Gasteiger partial charge on any atom is -0.126 e. The molecule has 0 aromatic heterocycles. The highest BCUT2D eigenvalue weighted by Gasteiger charge is 2.13. The Labute approximate surface area is 132 Å². The number of hydrogen-bond donors (Lipinski definition) is 0. The molecule has 0 bridgehead atoms. The Bertz CT molecular complexity index is 501. The third kappa shape index (κ3) is 4.55. The summed E-state index contributed by atoms with van der Waals surface area (Å²) in [5.74, 6) is 1.58. The second-order valence-corrected chi connectivity index (χ2v) is 6.55. The van der Waals surface area contributed by atoms with Crippen LogP contribution in [0.5, 0.6) is 0 Å². The van der Waals surface area contributed by atoms with E-state index in [1.165, 1.54) is 10.5 Å². The smallest absolute Gasteiger partial charge is 0.0441 e. The molecule has 0 aliphatic heterocycles. The number of alkyl halides is 1. The lowest BCUT2D eigenvalue weighted by molar-refractivity contribution is 0.757. The van der Waals surface area contributed by atoms with Crippen LogP contribution in [0.15, 0.2) is 59.5 Å². The summed E-state index contributed by atoms with van der Waals surface area (Å²) in [5.41, 5.74) is 1.25. The summed E-state index contributed by atoms with van der Waals surface area (Å²) in [4.78, 5) is 1.33. The van der Waals surface area contributed by atoms with Crippen molar-refractivity contribution in [1.82, 2.24) is 0 Å². The maximum Gasteiger partial charge on any atom is 0.0441 e. The van der Waals surface area contributed by atoms with E-state index in [1.54, 1.807) is 0 Å². The number of benzene rings is 2. The van der Waals surface area contributed by atoms with E-state index in [0.717, 1.165) is 22.5 Å². The standard InChI is InChI=1S/C16H16BrClS/c17-12-13(15-8-4-5-9-16(15)18)10-11-19-14-6-2-1-3-7-14/h1-9,13H,10-12H2. The van der Waals surface area contributed by atoms with Crippen LogP contribution in [0.25, 0.3) is 0 Å². The van der Waals surface area contributed by atoms with E-state index in [2.05, 4.69) is 58.4 Å². The highest BCUT2D eigenvalue weighted by molar-refractivity contribution is 9.09. The van der Waals surface area contributed by atoms with Gasteiger partial charge >= 0.3 is 0 Å². The largest absolute Gasteiger partial charge is 0.126 e. The molecule has 0 radical (unpaired) electrons. The molecule has 0 N–H and O–H groups in total. The maximum absolute atomic E-state index is 6.27. The van der Waals surface area contributed by atoms with E-state index in [0.29, 0.717) is 5.92 Å². The zero-order chi connectivity index (χ0) is 13.5. The van der Waals surface area contributed by atoms with Crippen molar-refractivity contribution in [2.75, 3.05) is 11.1 Å². The predicted octanol–water partition coefficient (Wildman–Crippen LogP) is 6.00. The lowest BCUT2D eigenvalue weighted by atomic mass is 9.99. The van der Waals surface area contributed by atoms with Crippen molar-refractivity contribution in [1.29, 1.82) is 0 Å². The fraction of sp³-hybridized carbons (Fsp3) is 0.250. The Balaban J connectivity index is 1.92. The lowest BCUT2D eigenvalue weighted by Crippen LogP contribution is -2.02. The van der Waals surface area contributed by atoms with Crippen LogP contribution < -0.4 is 0 Å². The molecule has 0 spiro atoms. The Morgan fingerprint density at radius 2 is 1.68 bits per heavy atom. The van der Waals surface area contributed by atoms with Gasteiger partial charge in [0.1, 0.15) is 0 Å². The number of thioether (sulfide) groups is 1. The van der Waals surface area contributed by atoms with Gasteiger partial charge in [0, 0.05) is 15.2 Å². The van der Waals surface area contributed by atoms with Gasteiger partial charge in [-0.25, -0.2) is 0 Å². The van der Waals surface area contributed by atoms with Gasteiger partial charge in [0.25, 0.3) is 0 Å². The monoisotopic (exact) mass is 354 g/mol. The normalized spacial score (nSPS) is 12.3. The summed E-state index contributed by atoms with van der Waals surface area (Å²) >= 11 is 11.8. The summed E-state index contributed by atoms with van der Waals surface area (Å²) < 4.78 is 0. The minimum atomic E-state index is 0.477. The van der Waals surface area contributed by atoms with Gasteiger partial charge in [-0.1, -0.05) is 63.9 Å². The van der Waals surface area contributed by atoms with Crippen LogP contribution >= 0.6 is 39.3 Å². The first-order valence-electron chi connectivity index (χ1n) is 6.29. The van der Waals surface area contributed by atoms with Crippen molar-refractivity contribution < 1.29 is 0 Å². The molecule has 2 rings (SSSR count). The molecule has 0 saturated carbocycles. The predicted molar refractivity (Wildman–Crippen MR) is 89.8 cm³/mol. The van der Waals surface area contributed by atoms with Crippen molar-refractivity contribution in [2.24, 2.45) is 0 Å². The molecule has 100 valence electrons. The number of halogens is 2. The molecular weight excluding hydrogens is 340 g/mol. The quantitative estimate of drug-likeness (QED) is 0.452. The van der Waals surface area contributed by atoms with Crippen molar-refractivity contribution in [3.63, 3.8) is 0 Å². The van der Waals surface area contributed by atoms with Crippen molar-refractivity contribution in [2.45, 2.75) is 17.2 Å². The van der Waals surface area contributed by atoms with Gasteiger partial charge in [-0.2, -0.15) is 0 Å². The van der Waals surface area contributed by atoms with Crippen LogP contribution in [0, 0.1) is 0 Å². The van der Waals surface area contributed by atoms with Crippen LogP contribution in [-0.4, -0.2) is 11.1 Å². The van der Waals surface area contributed by atoms with Crippen LogP contribution in [0.3, 0.4) is 0 Å². The van der Waals surface area contributed by atoms with Crippen molar-refractivity contribution in [3.8, 4) is 0 Å². The molecule has 3 heteroatoms. The van der Waals surface area contributed by atoms with Gasteiger partial charge in [0.05, 0.1) is 0 Å². The Hall–Kier alpha value is -0.440. The second-order valence-electron chi connectivity index (χ2n) is 4.32. The third-order valence-corrected chi connectivity index (χ3v) is 5.18. The molecular formula is C16H16BrClS.